The summed E-state index contributed by atoms with van der Waals surface area (Å²) in [6.45, 7) is 1.84. The van der Waals surface area contributed by atoms with Gasteiger partial charge in [0.1, 0.15) is 11.6 Å². The molecule has 2 rings (SSSR count). The maximum Gasteiger partial charge on any atom is 0.237 e. The fraction of sp³-hybridized carbons (Fsp3) is 0.0909. The van der Waals surface area contributed by atoms with Gasteiger partial charge in [0.05, 0.1) is 18.1 Å². The Balaban J connectivity index is 2.15. The Labute approximate surface area is 86.6 Å². The van der Waals surface area contributed by atoms with Crippen molar-refractivity contribution in [2.24, 2.45) is 0 Å². The van der Waals surface area contributed by atoms with E-state index in [-0.39, 0.29) is 5.82 Å². The van der Waals surface area contributed by atoms with Crippen molar-refractivity contribution in [1.82, 2.24) is 9.97 Å². The molecule has 1 aromatic heterocycles. The van der Waals surface area contributed by atoms with Crippen LogP contribution >= 0.6 is 0 Å². The highest BCUT2D eigenvalue weighted by molar-refractivity contribution is 5.26. The summed E-state index contributed by atoms with van der Waals surface area (Å²) in [6, 6.07) is 5.74. The number of hydrogen-bond acceptors (Lipinski definition) is 3. The van der Waals surface area contributed by atoms with Gasteiger partial charge in [0.25, 0.3) is 0 Å². The third kappa shape index (κ3) is 2.49. The maximum atomic E-state index is 12.6. The van der Waals surface area contributed by atoms with Gasteiger partial charge in [-0.3, -0.25) is 4.98 Å². The van der Waals surface area contributed by atoms with Crippen LogP contribution in [0.25, 0.3) is 0 Å². The zero-order valence-electron chi connectivity index (χ0n) is 8.14. The van der Waals surface area contributed by atoms with Gasteiger partial charge in [-0.2, -0.15) is 0 Å². The number of rotatable bonds is 2. The summed E-state index contributed by atoms with van der Waals surface area (Å²) in [5.74, 6) is 0.638. The minimum atomic E-state index is -0.294. The molecular weight excluding hydrogens is 195 g/mol. The van der Waals surface area contributed by atoms with Crippen LogP contribution < -0.4 is 4.74 Å². The summed E-state index contributed by atoms with van der Waals surface area (Å²) in [6.07, 6.45) is 3.14. The van der Waals surface area contributed by atoms with E-state index in [2.05, 4.69) is 9.97 Å². The third-order valence-electron chi connectivity index (χ3n) is 1.79. The quantitative estimate of drug-likeness (QED) is 0.754. The second-order valence-corrected chi connectivity index (χ2v) is 3.05. The maximum absolute atomic E-state index is 12.6. The van der Waals surface area contributed by atoms with Crippen molar-refractivity contribution in [3.05, 3.63) is 48.2 Å². The molecule has 4 heteroatoms. The molecule has 1 aromatic carbocycles. The van der Waals surface area contributed by atoms with Crippen molar-refractivity contribution in [3.8, 4) is 11.6 Å². The zero-order valence-corrected chi connectivity index (χ0v) is 8.14. The Hall–Kier alpha value is -1.97. The second kappa shape index (κ2) is 4.04. The fourth-order valence-electron chi connectivity index (χ4n) is 1.06. The van der Waals surface area contributed by atoms with Crippen LogP contribution in [0.15, 0.2) is 36.7 Å². The molecule has 76 valence electrons. The number of ether oxygens (including phenoxy) is 1. The summed E-state index contributed by atoms with van der Waals surface area (Å²) in [7, 11) is 0. The molecule has 0 aliphatic heterocycles. The molecule has 0 aliphatic rings. The number of nitrogens with zero attached hydrogens (tertiary/aromatic N) is 2. The molecule has 0 saturated carbocycles. The van der Waals surface area contributed by atoms with Crippen molar-refractivity contribution in [3.63, 3.8) is 0 Å². The van der Waals surface area contributed by atoms with E-state index < -0.39 is 0 Å². The van der Waals surface area contributed by atoms with E-state index in [1.807, 2.05) is 6.92 Å². The van der Waals surface area contributed by atoms with E-state index in [4.69, 9.17) is 4.74 Å². The van der Waals surface area contributed by atoms with Gasteiger partial charge in [-0.05, 0) is 31.2 Å². The lowest BCUT2D eigenvalue weighted by Gasteiger charge is -2.03. The van der Waals surface area contributed by atoms with Crippen LogP contribution in [0.1, 0.15) is 5.69 Å². The third-order valence-corrected chi connectivity index (χ3v) is 1.79. The van der Waals surface area contributed by atoms with Crippen molar-refractivity contribution in [1.29, 1.82) is 0 Å². The van der Waals surface area contributed by atoms with E-state index in [0.29, 0.717) is 11.6 Å². The SMILES string of the molecule is Cc1cnc(Oc2ccc(F)cc2)cn1. The predicted octanol–water partition coefficient (Wildman–Crippen LogP) is 2.72. The summed E-state index contributed by atoms with van der Waals surface area (Å²) in [5, 5.41) is 0. The lowest BCUT2D eigenvalue weighted by atomic mass is 10.3. The Bertz CT molecular complexity index is 396. The van der Waals surface area contributed by atoms with Gasteiger partial charge in [0.2, 0.25) is 5.88 Å². The average Bonchev–Trinajstić information content (AvgIpc) is 2.25. The molecule has 2 aromatic rings. The van der Waals surface area contributed by atoms with Gasteiger partial charge in [0.15, 0.2) is 0 Å². The smallest absolute Gasteiger partial charge is 0.237 e. The Kier molecular flexibility index (Phi) is 2.58. The number of aryl methyl sites for hydroxylation is 1. The number of hydrogen-bond donors (Lipinski definition) is 0. The standard InChI is InChI=1S/C11H9FN2O/c1-8-6-14-11(7-13-8)15-10-4-2-9(12)3-5-10/h2-7H,1H3. The van der Waals surface area contributed by atoms with Gasteiger partial charge >= 0.3 is 0 Å². The summed E-state index contributed by atoms with van der Waals surface area (Å²) >= 11 is 0. The van der Waals surface area contributed by atoms with Crippen LogP contribution in [-0.2, 0) is 0 Å². The van der Waals surface area contributed by atoms with E-state index >= 15 is 0 Å². The van der Waals surface area contributed by atoms with Crippen LogP contribution in [-0.4, -0.2) is 9.97 Å². The van der Waals surface area contributed by atoms with E-state index in [1.54, 1.807) is 6.20 Å². The molecule has 0 amide bonds. The van der Waals surface area contributed by atoms with Crippen LogP contribution in [0.4, 0.5) is 4.39 Å². The van der Waals surface area contributed by atoms with Crippen LogP contribution in [0, 0.1) is 12.7 Å². The Morgan fingerprint density at radius 3 is 2.40 bits per heavy atom. The van der Waals surface area contributed by atoms with Crippen LogP contribution in [0.5, 0.6) is 11.6 Å². The molecule has 0 saturated heterocycles. The average molecular weight is 204 g/mol. The Morgan fingerprint density at radius 1 is 1.07 bits per heavy atom. The molecule has 0 bridgehead atoms. The number of halogens is 1. The molecule has 0 aliphatic carbocycles. The molecule has 0 fully saturated rings. The molecule has 0 atom stereocenters. The lowest BCUT2D eigenvalue weighted by Crippen LogP contribution is -1.90. The molecule has 0 unspecified atom stereocenters. The zero-order chi connectivity index (χ0) is 10.7. The second-order valence-electron chi connectivity index (χ2n) is 3.05. The van der Waals surface area contributed by atoms with Gasteiger partial charge in [-0.1, -0.05) is 0 Å². The highest BCUT2D eigenvalue weighted by Gasteiger charge is 1.98. The van der Waals surface area contributed by atoms with Gasteiger partial charge in [-0.15, -0.1) is 0 Å². The molecule has 0 N–H and O–H groups in total. The minimum Gasteiger partial charge on any atom is -0.438 e. The van der Waals surface area contributed by atoms with Gasteiger partial charge < -0.3 is 4.74 Å². The van der Waals surface area contributed by atoms with Crippen LogP contribution in [0.3, 0.4) is 0 Å². The van der Waals surface area contributed by atoms with E-state index in [1.165, 1.54) is 30.5 Å². The van der Waals surface area contributed by atoms with E-state index in [0.717, 1.165) is 5.69 Å². The molecular formula is C11H9FN2O. The van der Waals surface area contributed by atoms with Gasteiger partial charge in [0, 0.05) is 0 Å². The monoisotopic (exact) mass is 204 g/mol. The normalized spacial score (nSPS) is 10.0. The molecule has 1 heterocycles. The first-order valence-corrected chi connectivity index (χ1v) is 4.46. The van der Waals surface area contributed by atoms with Crippen molar-refractivity contribution >= 4 is 0 Å². The largest absolute Gasteiger partial charge is 0.438 e. The summed E-state index contributed by atoms with van der Waals surface area (Å²) < 4.78 is 17.9. The van der Waals surface area contributed by atoms with Crippen molar-refractivity contribution in [2.45, 2.75) is 6.92 Å². The van der Waals surface area contributed by atoms with Crippen molar-refractivity contribution < 1.29 is 9.13 Å². The molecule has 3 nitrogen and oxygen atoms in total. The molecule has 0 spiro atoms. The minimum absolute atomic E-state index is 0.294. The first kappa shape index (κ1) is 9.58. The highest BCUT2D eigenvalue weighted by Crippen LogP contribution is 2.18. The summed E-state index contributed by atoms with van der Waals surface area (Å²) in [4.78, 5) is 8.05. The fourth-order valence-corrected chi connectivity index (χ4v) is 1.06. The van der Waals surface area contributed by atoms with Crippen LogP contribution in [0.2, 0.25) is 0 Å². The summed E-state index contributed by atoms with van der Waals surface area (Å²) in [5.41, 5.74) is 0.821. The Morgan fingerprint density at radius 2 is 1.80 bits per heavy atom. The topological polar surface area (TPSA) is 35.0 Å². The van der Waals surface area contributed by atoms with Gasteiger partial charge in [-0.25, -0.2) is 9.37 Å². The first-order chi connectivity index (χ1) is 7.24. The van der Waals surface area contributed by atoms with Crippen molar-refractivity contribution in [2.75, 3.05) is 0 Å². The lowest BCUT2D eigenvalue weighted by molar-refractivity contribution is 0.458. The number of benzene rings is 1. The molecule has 0 radical (unpaired) electrons. The van der Waals surface area contributed by atoms with E-state index in [9.17, 15) is 4.39 Å². The molecule has 15 heavy (non-hydrogen) atoms. The highest BCUT2D eigenvalue weighted by atomic mass is 19.1. The predicted molar refractivity (Wildman–Crippen MR) is 53.2 cm³/mol. The first-order valence-electron chi connectivity index (χ1n) is 4.46. The number of aromatic nitrogens is 2.